The van der Waals surface area contributed by atoms with Crippen molar-refractivity contribution in [3.05, 3.63) is 58.6 Å². The predicted octanol–water partition coefficient (Wildman–Crippen LogP) is 4.54. The Hall–Kier alpha value is -2.87. The van der Waals surface area contributed by atoms with Gasteiger partial charge in [0.15, 0.2) is 0 Å². The number of nitrogens with zero attached hydrogens (tertiary/aromatic N) is 1. The molecule has 4 rings (SSSR count). The van der Waals surface area contributed by atoms with E-state index in [1.54, 1.807) is 29.2 Å². The fourth-order valence-electron chi connectivity index (χ4n) is 4.08. The smallest absolute Gasteiger partial charge is 0.319 e. The van der Waals surface area contributed by atoms with Crippen LogP contribution in [-0.4, -0.2) is 43.1 Å². The van der Waals surface area contributed by atoms with Gasteiger partial charge in [-0.05, 0) is 49.4 Å². The van der Waals surface area contributed by atoms with E-state index >= 15 is 0 Å². The van der Waals surface area contributed by atoms with Crippen LogP contribution in [0.5, 0.6) is 5.75 Å². The largest absolute Gasteiger partial charge is 0.497 e. The van der Waals surface area contributed by atoms with Crippen LogP contribution in [0, 0.1) is 17.6 Å². The van der Waals surface area contributed by atoms with E-state index in [4.69, 9.17) is 16.3 Å². The summed E-state index contributed by atoms with van der Waals surface area (Å²) in [7, 11) is 1.32. The third-order valence-electron chi connectivity index (χ3n) is 5.91. The number of benzene rings is 2. The molecule has 9 heteroatoms. The molecule has 1 saturated carbocycles. The fraction of sp³-hybridized carbons (Fsp3) is 0.391. The van der Waals surface area contributed by atoms with E-state index in [1.807, 2.05) is 0 Å². The molecule has 0 radical (unpaired) electrons. The van der Waals surface area contributed by atoms with Gasteiger partial charge in [-0.3, -0.25) is 4.79 Å². The molecular weight excluding hydrogens is 440 g/mol. The standard InChI is InChI=1S/C23H24ClF2N3O3/c1-32-16-10-18(25)20(19(26)11-16)17-8-9-29(12-13-2-3-13)22(30)21(17)28-23(31)27-15-6-4-14(24)5-7-15/h4-7,10-11,13,17,21H,2-3,8-9,12H2,1H3,(H2,27,28,31)/t17-,21-/m1/s1. The van der Waals surface area contributed by atoms with Crippen molar-refractivity contribution in [1.82, 2.24) is 10.2 Å². The minimum Gasteiger partial charge on any atom is -0.497 e. The maximum atomic E-state index is 14.8. The lowest BCUT2D eigenvalue weighted by molar-refractivity contribution is -0.136. The van der Waals surface area contributed by atoms with Crippen LogP contribution < -0.4 is 15.4 Å². The Morgan fingerprint density at radius 3 is 2.41 bits per heavy atom. The second kappa shape index (κ2) is 9.32. The summed E-state index contributed by atoms with van der Waals surface area (Å²) >= 11 is 5.87. The van der Waals surface area contributed by atoms with Crippen molar-refractivity contribution >= 4 is 29.2 Å². The minimum absolute atomic E-state index is 0.0474. The lowest BCUT2D eigenvalue weighted by Gasteiger charge is -2.38. The molecule has 0 spiro atoms. The van der Waals surface area contributed by atoms with Crippen molar-refractivity contribution in [2.45, 2.75) is 31.2 Å². The summed E-state index contributed by atoms with van der Waals surface area (Å²) in [6.07, 6.45) is 2.44. The van der Waals surface area contributed by atoms with Crippen molar-refractivity contribution in [2.24, 2.45) is 5.92 Å². The molecule has 1 aliphatic heterocycles. The van der Waals surface area contributed by atoms with Crippen LogP contribution in [-0.2, 0) is 4.79 Å². The number of nitrogens with one attached hydrogen (secondary N) is 2. The van der Waals surface area contributed by atoms with Gasteiger partial charge in [-0.25, -0.2) is 13.6 Å². The number of likely N-dealkylation sites (tertiary alicyclic amines) is 1. The molecule has 2 aromatic carbocycles. The average Bonchev–Trinajstić information content (AvgIpc) is 3.57. The summed E-state index contributed by atoms with van der Waals surface area (Å²) in [5, 5.41) is 5.80. The highest BCUT2D eigenvalue weighted by Crippen LogP contribution is 2.37. The molecule has 1 heterocycles. The van der Waals surface area contributed by atoms with Gasteiger partial charge in [0.1, 0.15) is 23.4 Å². The maximum absolute atomic E-state index is 14.8. The number of carbonyl (C=O) groups is 2. The van der Waals surface area contributed by atoms with E-state index in [0.717, 1.165) is 25.0 Å². The van der Waals surface area contributed by atoms with Crippen molar-refractivity contribution in [3.8, 4) is 5.75 Å². The maximum Gasteiger partial charge on any atom is 0.319 e. The molecule has 2 aliphatic rings. The number of methoxy groups -OCH3 is 1. The number of hydrogen-bond acceptors (Lipinski definition) is 3. The highest BCUT2D eigenvalue weighted by Gasteiger charge is 2.42. The Morgan fingerprint density at radius 2 is 1.81 bits per heavy atom. The minimum atomic E-state index is -1.10. The third-order valence-corrected chi connectivity index (χ3v) is 6.17. The molecule has 0 unspecified atom stereocenters. The van der Waals surface area contributed by atoms with Crippen LogP contribution in [0.2, 0.25) is 5.02 Å². The van der Waals surface area contributed by atoms with Crippen LogP contribution in [0.15, 0.2) is 36.4 Å². The van der Waals surface area contributed by atoms with Gasteiger partial charge in [0, 0.05) is 47.4 Å². The van der Waals surface area contributed by atoms with Crippen molar-refractivity contribution in [3.63, 3.8) is 0 Å². The van der Waals surface area contributed by atoms with Crippen LogP contribution >= 0.6 is 11.6 Å². The molecule has 2 atom stereocenters. The zero-order valence-corrected chi connectivity index (χ0v) is 18.3. The van der Waals surface area contributed by atoms with E-state index in [1.165, 1.54) is 7.11 Å². The van der Waals surface area contributed by atoms with E-state index in [0.29, 0.717) is 36.1 Å². The quantitative estimate of drug-likeness (QED) is 0.660. The summed E-state index contributed by atoms with van der Waals surface area (Å²) in [6, 6.07) is 6.89. The van der Waals surface area contributed by atoms with Gasteiger partial charge in [-0.2, -0.15) is 0 Å². The summed E-state index contributed by atoms with van der Waals surface area (Å²) in [6.45, 7) is 0.970. The summed E-state index contributed by atoms with van der Waals surface area (Å²) in [5.41, 5.74) is 0.255. The zero-order chi connectivity index (χ0) is 22.8. The highest BCUT2D eigenvalue weighted by molar-refractivity contribution is 6.30. The number of anilines is 1. The van der Waals surface area contributed by atoms with Gasteiger partial charge in [-0.15, -0.1) is 0 Å². The molecule has 1 aliphatic carbocycles. The van der Waals surface area contributed by atoms with Crippen molar-refractivity contribution in [1.29, 1.82) is 0 Å². The molecule has 0 aromatic heterocycles. The molecule has 2 fully saturated rings. The van der Waals surface area contributed by atoms with Gasteiger partial charge >= 0.3 is 6.03 Å². The second-order valence-electron chi connectivity index (χ2n) is 8.21. The second-order valence-corrected chi connectivity index (χ2v) is 8.65. The van der Waals surface area contributed by atoms with Gasteiger partial charge in [0.05, 0.1) is 7.11 Å². The van der Waals surface area contributed by atoms with Crippen molar-refractivity contribution < 1.29 is 23.1 Å². The first kappa shape index (κ1) is 22.3. The predicted molar refractivity (Wildman–Crippen MR) is 117 cm³/mol. The highest BCUT2D eigenvalue weighted by atomic mass is 35.5. The third kappa shape index (κ3) is 4.96. The van der Waals surface area contributed by atoms with Gasteiger partial charge in [-0.1, -0.05) is 11.6 Å². The number of hydrogen-bond donors (Lipinski definition) is 2. The Balaban J connectivity index is 1.59. The summed E-state index contributed by atoms with van der Waals surface area (Å²) < 4.78 is 34.6. The first-order valence-corrected chi connectivity index (χ1v) is 10.9. The van der Waals surface area contributed by atoms with E-state index < -0.39 is 29.6 Å². The first-order valence-electron chi connectivity index (χ1n) is 10.5. The number of ether oxygens (including phenoxy) is 1. The first-order chi connectivity index (χ1) is 15.4. The lowest BCUT2D eigenvalue weighted by atomic mass is 9.83. The number of rotatable bonds is 6. The SMILES string of the molecule is COc1cc(F)c([C@H]2CCN(CC3CC3)C(=O)[C@@H]2NC(=O)Nc2ccc(Cl)cc2)c(F)c1. The number of carbonyl (C=O) groups excluding carboxylic acids is 2. The number of halogens is 3. The number of amides is 3. The molecule has 2 aromatic rings. The Bertz CT molecular complexity index is 991. The van der Waals surface area contributed by atoms with Gasteiger partial charge < -0.3 is 20.3 Å². The topological polar surface area (TPSA) is 70.7 Å². The normalized spacial score (nSPS) is 20.8. The van der Waals surface area contributed by atoms with E-state index in [-0.39, 0.29) is 17.2 Å². The molecule has 32 heavy (non-hydrogen) atoms. The number of piperidine rings is 1. The summed E-state index contributed by atoms with van der Waals surface area (Å²) in [5.74, 6) is -2.30. The molecule has 1 saturated heterocycles. The van der Waals surface area contributed by atoms with Crippen LogP contribution in [0.3, 0.4) is 0 Å². The number of urea groups is 1. The lowest BCUT2D eigenvalue weighted by Crippen LogP contribution is -2.57. The fourth-order valence-corrected chi connectivity index (χ4v) is 4.21. The summed E-state index contributed by atoms with van der Waals surface area (Å²) in [4.78, 5) is 27.6. The Labute approximate surface area is 189 Å². The van der Waals surface area contributed by atoms with Crippen LogP contribution in [0.25, 0.3) is 0 Å². The zero-order valence-electron chi connectivity index (χ0n) is 17.5. The van der Waals surface area contributed by atoms with Crippen LogP contribution in [0.4, 0.5) is 19.3 Å². The molecule has 2 N–H and O–H groups in total. The Morgan fingerprint density at radius 1 is 1.16 bits per heavy atom. The molecule has 0 bridgehead atoms. The van der Waals surface area contributed by atoms with E-state index in [9.17, 15) is 18.4 Å². The molecular formula is C23H24ClF2N3O3. The average molecular weight is 464 g/mol. The van der Waals surface area contributed by atoms with Crippen LogP contribution in [0.1, 0.15) is 30.7 Å². The van der Waals surface area contributed by atoms with Gasteiger partial charge in [0.25, 0.3) is 0 Å². The monoisotopic (exact) mass is 463 g/mol. The van der Waals surface area contributed by atoms with E-state index in [2.05, 4.69) is 10.6 Å². The van der Waals surface area contributed by atoms with Gasteiger partial charge in [0.2, 0.25) is 5.91 Å². The molecule has 3 amide bonds. The Kier molecular flexibility index (Phi) is 6.50. The van der Waals surface area contributed by atoms with Crippen molar-refractivity contribution in [2.75, 3.05) is 25.5 Å². The molecule has 6 nitrogen and oxygen atoms in total. The molecule has 170 valence electrons.